The predicted molar refractivity (Wildman–Crippen MR) is 132 cm³/mol. The highest BCUT2D eigenvalue weighted by atomic mass is 32.1. The molecule has 0 aromatic carbocycles. The number of fused-ring (bicyclic) bond motifs is 2. The first-order valence-corrected chi connectivity index (χ1v) is 13.1. The fourth-order valence-corrected chi connectivity index (χ4v) is 6.34. The smallest absolute Gasteiger partial charge is 0.278 e. The van der Waals surface area contributed by atoms with Gasteiger partial charge < -0.3 is 14.7 Å². The Bertz CT molecular complexity index is 1250. The number of hydrogen-bond acceptors (Lipinski definition) is 8. The lowest BCUT2D eigenvalue weighted by Gasteiger charge is -2.39. The molecule has 3 aromatic rings. The molecule has 0 spiro atoms. The molecule has 5 heterocycles. The van der Waals surface area contributed by atoms with Crippen LogP contribution in [0.1, 0.15) is 36.9 Å². The Morgan fingerprint density at radius 2 is 1.85 bits per heavy atom. The Morgan fingerprint density at radius 1 is 1.00 bits per heavy atom. The molecule has 0 bridgehead atoms. The second-order valence-electron chi connectivity index (χ2n) is 9.41. The molecule has 0 radical (unpaired) electrons. The van der Waals surface area contributed by atoms with Crippen LogP contribution >= 0.6 is 11.3 Å². The zero-order valence-corrected chi connectivity index (χ0v) is 20.0. The van der Waals surface area contributed by atoms with E-state index in [1.165, 1.54) is 15.9 Å². The monoisotopic (exact) mass is 479 g/mol. The second-order valence-corrected chi connectivity index (χ2v) is 10.3. The van der Waals surface area contributed by atoms with Gasteiger partial charge in [-0.3, -0.25) is 9.59 Å². The summed E-state index contributed by atoms with van der Waals surface area (Å²) in [6.45, 7) is 4.54. The minimum atomic E-state index is -0.0416. The summed E-state index contributed by atoms with van der Waals surface area (Å²) in [6, 6.07) is 5.94. The molecular formula is C24H29N7O2S. The lowest BCUT2D eigenvalue weighted by atomic mass is 9.96. The third-order valence-electron chi connectivity index (χ3n) is 7.27. The number of aromatic nitrogens is 4. The van der Waals surface area contributed by atoms with E-state index in [-0.39, 0.29) is 17.4 Å². The van der Waals surface area contributed by atoms with Gasteiger partial charge in [-0.1, -0.05) is 17.4 Å². The zero-order chi connectivity index (χ0) is 23.1. The molecule has 10 heteroatoms. The third kappa shape index (κ3) is 3.93. The van der Waals surface area contributed by atoms with Gasteiger partial charge in [0, 0.05) is 51.0 Å². The van der Waals surface area contributed by atoms with E-state index in [0.717, 1.165) is 93.5 Å². The molecule has 3 aromatic heterocycles. The van der Waals surface area contributed by atoms with Gasteiger partial charge in [-0.25, -0.2) is 9.97 Å². The minimum Gasteiger partial charge on any atom is -0.353 e. The molecule has 2 saturated heterocycles. The number of aryl methyl sites for hydroxylation is 1. The summed E-state index contributed by atoms with van der Waals surface area (Å²) in [4.78, 5) is 42.6. The van der Waals surface area contributed by atoms with Gasteiger partial charge >= 0.3 is 0 Å². The number of carbonyl (C=O) groups is 1. The van der Waals surface area contributed by atoms with E-state index in [0.29, 0.717) is 11.5 Å². The van der Waals surface area contributed by atoms with E-state index >= 15 is 0 Å². The Labute approximate surface area is 202 Å². The molecule has 178 valence electrons. The molecule has 1 amide bonds. The van der Waals surface area contributed by atoms with E-state index in [4.69, 9.17) is 4.98 Å². The zero-order valence-electron chi connectivity index (χ0n) is 19.2. The van der Waals surface area contributed by atoms with Crippen LogP contribution in [-0.2, 0) is 17.6 Å². The normalized spacial score (nSPS) is 21.1. The average Bonchev–Trinajstić information content (AvgIpc) is 3.34. The van der Waals surface area contributed by atoms with Crippen LogP contribution in [0.15, 0.2) is 29.2 Å². The first kappa shape index (κ1) is 21.5. The van der Waals surface area contributed by atoms with E-state index in [1.807, 2.05) is 29.3 Å². The molecule has 9 nitrogen and oxygen atoms in total. The fourth-order valence-electron chi connectivity index (χ4n) is 5.40. The first-order valence-electron chi connectivity index (χ1n) is 12.3. The molecule has 1 aliphatic carbocycles. The Balaban J connectivity index is 1.15. The van der Waals surface area contributed by atoms with Crippen LogP contribution in [0, 0.1) is 5.92 Å². The van der Waals surface area contributed by atoms with Crippen molar-refractivity contribution in [3.8, 4) is 0 Å². The predicted octanol–water partition coefficient (Wildman–Crippen LogP) is 1.99. The lowest BCUT2D eigenvalue weighted by molar-refractivity contribution is -0.136. The first-order chi connectivity index (χ1) is 16.7. The van der Waals surface area contributed by atoms with E-state index in [9.17, 15) is 9.59 Å². The highest BCUT2D eigenvalue weighted by Gasteiger charge is 2.32. The summed E-state index contributed by atoms with van der Waals surface area (Å²) in [7, 11) is 0. The summed E-state index contributed by atoms with van der Waals surface area (Å²) in [6.07, 6.45) is 7.45. The molecule has 1 unspecified atom stereocenters. The molecule has 6 rings (SSSR count). The van der Waals surface area contributed by atoms with Gasteiger partial charge in [0.1, 0.15) is 5.82 Å². The number of hydrogen-bond donors (Lipinski definition) is 0. The summed E-state index contributed by atoms with van der Waals surface area (Å²) in [5.74, 6) is 1.16. The topological polar surface area (TPSA) is 86.9 Å². The van der Waals surface area contributed by atoms with Crippen molar-refractivity contribution in [3.63, 3.8) is 0 Å². The Kier molecular flexibility index (Phi) is 5.68. The van der Waals surface area contributed by atoms with Crippen LogP contribution in [0.3, 0.4) is 0 Å². The van der Waals surface area contributed by atoms with Crippen LogP contribution in [0.5, 0.6) is 0 Å². The molecule has 2 fully saturated rings. The highest BCUT2D eigenvalue weighted by molar-refractivity contribution is 7.20. The van der Waals surface area contributed by atoms with Crippen molar-refractivity contribution < 1.29 is 4.79 Å². The Hall–Kier alpha value is -3.01. The van der Waals surface area contributed by atoms with Crippen molar-refractivity contribution >= 4 is 33.2 Å². The van der Waals surface area contributed by atoms with Crippen molar-refractivity contribution in [2.24, 2.45) is 5.92 Å². The number of piperazine rings is 1. The number of anilines is 2. The summed E-state index contributed by atoms with van der Waals surface area (Å²) in [5.41, 5.74) is 1.76. The van der Waals surface area contributed by atoms with Gasteiger partial charge in [0.25, 0.3) is 5.56 Å². The standard InChI is InChI=1S/C24H29N7O2S/c32-21(29-14-12-28(13-15-29)20-9-3-4-10-25-20)17-6-5-11-30(16-17)24-27-31-22(33)18-7-1-2-8-19(18)26-23(31)34-24/h3-4,9-10,17H,1-2,5-8,11-16H2. The minimum absolute atomic E-state index is 0.0161. The molecule has 3 aliphatic rings. The van der Waals surface area contributed by atoms with Crippen molar-refractivity contribution in [1.82, 2.24) is 24.5 Å². The van der Waals surface area contributed by atoms with Crippen LogP contribution in [0.25, 0.3) is 4.96 Å². The summed E-state index contributed by atoms with van der Waals surface area (Å²) in [5, 5.41) is 5.44. The van der Waals surface area contributed by atoms with Gasteiger partial charge in [0.2, 0.25) is 16.0 Å². The van der Waals surface area contributed by atoms with Crippen LogP contribution < -0.4 is 15.4 Å². The van der Waals surface area contributed by atoms with Gasteiger partial charge in [-0.15, -0.1) is 5.10 Å². The number of piperidine rings is 1. The van der Waals surface area contributed by atoms with Gasteiger partial charge in [0.05, 0.1) is 11.6 Å². The lowest BCUT2D eigenvalue weighted by Crippen LogP contribution is -2.52. The van der Waals surface area contributed by atoms with Crippen LogP contribution in [-0.4, -0.2) is 69.7 Å². The number of pyridine rings is 1. The van der Waals surface area contributed by atoms with Crippen LogP contribution in [0.2, 0.25) is 0 Å². The van der Waals surface area contributed by atoms with Gasteiger partial charge in [-0.05, 0) is 50.7 Å². The molecule has 2 aliphatic heterocycles. The number of carbonyl (C=O) groups excluding carboxylic acids is 1. The SMILES string of the molecule is O=C(C1CCCN(c2nn3c(=O)c4c(nc3s2)CCCC4)C1)N1CCN(c2ccccn2)CC1. The largest absolute Gasteiger partial charge is 0.353 e. The van der Waals surface area contributed by atoms with Crippen molar-refractivity contribution in [2.75, 3.05) is 49.1 Å². The van der Waals surface area contributed by atoms with Gasteiger partial charge in [-0.2, -0.15) is 4.52 Å². The number of rotatable bonds is 3. The maximum Gasteiger partial charge on any atom is 0.278 e. The highest BCUT2D eigenvalue weighted by Crippen LogP contribution is 2.29. The second kappa shape index (κ2) is 8.98. The molecule has 0 N–H and O–H groups in total. The Morgan fingerprint density at radius 3 is 2.68 bits per heavy atom. The number of nitrogens with zero attached hydrogens (tertiary/aromatic N) is 7. The quantitative estimate of drug-likeness (QED) is 0.568. The molecular weight excluding hydrogens is 450 g/mol. The molecule has 34 heavy (non-hydrogen) atoms. The van der Waals surface area contributed by atoms with Crippen molar-refractivity contribution in [1.29, 1.82) is 0 Å². The number of amides is 1. The van der Waals surface area contributed by atoms with E-state index < -0.39 is 0 Å². The van der Waals surface area contributed by atoms with Crippen LogP contribution in [0.4, 0.5) is 10.9 Å². The van der Waals surface area contributed by atoms with Gasteiger partial charge in [0.15, 0.2) is 0 Å². The van der Waals surface area contributed by atoms with E-state index in [2.05, 4.69) is 19.9 Å². The maximum atomic E-state index is 13.4. The molecule has 1 atom stereocenters. The maximum absolute atomic E-state index is 13.4. The average molecular weight is 480 g/mol. The van der Waals surface area contributed by atoms with Crippen molar-refractivity contribution in [2.45, 2.75) is 38.5 Å². The summed E-state index contributed by atoms with van der Waals surface area (Å²) >= 11 is 1.47. The third-order valence-corrected chi connectivity index (χ3v) is 8.24. The van der Waals surface area contributed by atoms with Crippen molar-refractivity contribution in [3.05, 3.63) is 46.0 Å². The summed E-state index contributed by atoms with van der Waals surface area (Å²) < 4.78 is 1.48. The van der Waals surface area contributed by atoms with E-state index in [1.54, 1.807) is 0 Å². The fraction of sp³-hybridized carbons (Fsp3) is 0.542. The molecule has 0 saturated carbocycles.